The third-order valence-corrected chi connectivity index (χ3v) is 2.33. The minimum absolute atomic E-state index is 0.101. The first-order chi connectivity index (χ1) is 8.75. The average Bonchev–Trinajstić information content (AvgIpc) is 2.40. The first-order valence-corrected chi connectivity index (χ1v) is 5.59. The summed E-state index contributed by atoms with van der Waals surface area (Å²) in [4.78, 5) is 21.6. The first kappa shape index (κ1) is 12.0. The number of rotatable bonds is 4. The smallest absolute Gasteiger partial charge is 0.243 e. The van der Waals surface area contributed by atoms with Gasteiger partial charge in [0.15, 0.2) is 0 Å². The van der Waals surface area contributed by atoms with Crippen LogP contribution in [0.15, 0.2) is 48.8 Å². The number of benzene rings is 1. The van der Waals surface area contributed by atoms with Gasteiger partial charge in [0.1, 0.15) is 0 Å². The molecule has 1 heterocycles. The Kier molecular flexibility index (Phi) is 3.86. The van der Waals surface area contributed by atoms with E-state index in [9.17, 15) is 4.79 Å². The van der Waals surface area contributed by atoms with Crippen LogP contribution >= 0.6 is 0 Å². The largest absolute Gasteiger partial charge is 0.335 e. The minimum atomic E-state index is -0.101. The molecule has 0 aliphatic heterocycles. The number of nitrogens with one attached hydrogen (secondary N) is 1. The van der Waals surface area contributed by atoms with E-state index in [1.54, 1.807) is 30.4 Å². The number of amides is 1. The second-order valence-corrected chi connectivity index (χ2v) is 3.82. The number of para-hydroxylation sites is 1. The summed E-state index contributed by atoms with van der Waals surface area (Å²) in [7, 11) is 1.78. The molecule has 0 atom stereocenters. The third-order valence-electron chi connectivity index (χ3n) is 2.33. The number of anilines is 2. The van der Waals surface area contributed by atoms with Crippen molar-refractivity contribution in [2.75, 3.05) is 23.8 Å². The van der Waals surface area contributed by atoms with Gasteiger partial charge in [0.05, 0.1) is 6.54 Å². The van der Waals surface area contributed by atoms with Gasteiger partial charge in [-0.25, -0.2) is 9.97 Å². The van der Waals surface area contributed by atoms with E-state index in [4.69, 9.17) is 0 Å². The number of likely N-dealkylation sites (N-methyl/N-ethyl adjacent to an activating group) is 1. The standard InChI is InChI=1S/C13H14N4O/c1-17(13-14-8-5-9-15-13)10-12(18)16-11-6-3-2-4-7-11/h2-9H,10H2,1H3,(H,16,18). The topological polar surface area (TPSA) is 58.1 Å². The lowest BCUT2D eigenvalue weighted by Gasteiger charge is -2.15. The zero-order valence-corrected chi connectivity index (χ0v) is 10.1. The molecule has 0 bridgehead atoms. The van der Waals surface area contributed by atoms with E-state index in [2.05, 4.69) is 15.3 Å². The van der Waals surface area contributed by atoms with Crippen molar-refractivity contribution >= 4 is 17.5 Å². The fourth-order valence-electron chi connectivity index (χ4n) is 1.50. The fraction of sp³-hybridized carbons (Fsp3) is 0.154. The highest BCUT2D eigenvalue weighted by Gasteiger charge is 2.08. The minimum Gasteiger partial charge on any atom is -0.335 e. The fourth-order valence-corrected chi connectivity index (χ4v) is 1.50. The second kappa shape index (κ2) is 5.77. The zero-order chi connectivity index (χ0) is 12.8. The summed E-state index contributed by atoms with van der Waals surface area (Å²) in [6, 6.07) is 11.1. The summed E-state index contributed by atoms with van der Waals surface area (Å²) in [5.74, 6) is 0.428. The van der Waals surface area contributed by atoms with Gasteiger partial charge in [0.2, 0.25) is 11.9 Å². The molecule has 2 rings (SSSR count). The monoisotopic (exact) mass is 242 g/mol. The Morgan fingerprint density at radius 2 is 1.83 bits per heavy atom. The number of hydrogen-bond donors (Lipinski definition) is 1. The maximum Gasteiger partial charge on any atom is 0.243 e. The van der Waals surface area contributed by atoms with Gasteiger partial charge in [-0.1, -0.05) is 18.2 Å². The Morgan fingerprint density at radius 1 is 1.17 bits per heavy atom. The van der Waals surface area contributed by atoms with E-state index in [1.807, 2.05) is 30.3 Å². The van der Waals surface area contributed by atoms with Gasteiger partial charge in [0.25, 0.3) is 0 Å². The van der Waals surface area contributed by atoms with Gasteiger partial charge in [-0.15, -0.1) is 0 Å². The predicted molar refractivity (Wildman–Crippen MR) is 70.4 cm³/mol. The third kappa shape index (κ3) is 3.28. The quantitative estimate of drug-likeness (QED) is 0.883. The maximum absolute atomic E-state index is 11.8. The summed E-state index contributed by atoms with van der Waals surface area (Å²) in [6.07, 6.45) is 3.29. The Hall–Kier alpha value is -2.43. The van der Waals surface area contributed by atoms with Crippen LogP contribution in [0.5, 0.6) is 0 Å². The molecule has 0 spiro atoms. The van der Waals surface area contributed by atoms with Crippen LogP contribution in [-0.4, -0.2) is 29.5 Å². The van der Waals surface area contributed by atoms with Crippen molar-refractivity contribution in [3.63, 3.8) is 0 Å². The molecule has 1 aromatic carbocycles. The lowest BCUT2D eigenvalue weighted by molar-refractivity contribution is -0.114. The van der Waals surface area contributed by atoms with Gasteiger partial charge in [-0.3, -0.25) is 4.79 Å². The molecule has 92 valence electrons. The van der Waals surface area contributed by atoms with Crippen molar-refractivity contribution < 1.29 is 4.79 Å². The summed E-state index contributed by atoms with van der Waals surface area (Å²) in [6.45, 7) is 0.207. The number of nitrogens with zero attached hydrogens (tertiary/aromatic N) is 3. The Balaban J connectivity index is 1.92. The molecular formula is C13H14N4O. The molecule has 0 radical (unpaired) electrons. The molecule has 1 amide bonds. The van der Waals surface area contributed by atoms with E-state index in [0.717, 1.165) is 5.69 Å². The first-order valence-electron chi connectivity index (χ1n) is 5.59. The summed E-state index contributed by atoms with van der Waals surface area (Å²) in [5, 5.41) is 2.81. The van der Waals surface area contributed by atoms with Crippen LogP contribution < -0.4 is 10.2 Å². The Labute approximate surface area is 105 Å². The Morgan fingerprint density at radius 3 is 2.50 bits per heavy atom. The highest BCUT2D eigenvalue weighted by atomic mass is 16.2. The molecule has 18 heavy (non-hydrogen) atoms. The molecule has 1 aromatic heterocycles. The normalized spacial score (nSPS) is 9.83. The molecule has 0 aliphatic carbocycles. The molecular weight excluding hydrogens is 228 g/mol. The van der Waals surface area contributed by atoms with Crippen LogP contribution in [0.1, 0.15) is 0 Å². The van der Waals surface area contributed by atoms with E-state index < -0.39 is 0 Å². The number of aromatic nitrogens is 2. The van der Waals surface area contributed by atoms with Crippen molar-refractivity contribution in [2.24, 2.45) is 0 Å². The van der Waals surface area contributed by atoms with Gasteiger partial charge in [0, 0.05) is 25.1 Å². The van der Waals surface area contributed by atoms with Gasteiger partial charge in [-0.05, 0) is 18.2 Å². The van der Waals surface area contributed by atoms with E-state index in [1.165, 1.54) is 0 Å². The van der Waals surface area contributed by atoms with Crippen molar-refractivity contribution in [1.29, 1.82) is 0 Å². The molecule has 0 saturated heterocycles. The van der Waals surface area contributed by atoms with Gasteiger partial charge < -0.3 is 10.2 Å². The van der Waals surface area contributed by atoms with Crippen molar-refractivity contribution in [2.45, 2.75) is 0 Å². The average molecular weight is 242 g/mol. The Bertz CT molecular complexity index is 501. The summed E-state index contributed by atoms with van der Waals surface area (Å²) in [5.41, 5.74) is 0.782. The van der Waals surface area contributed by atoms with Crippen molar-refractivity contribution in [3.8, 4) is 0 Å². The summed E-state index contributed by atoms with van der Waals surface area (Å²) < 4.78 is 0. The number of carbonyl (C=O) groups excluding carboxylic acids is 1. The summed E-state index contributed by atoms with van der Waals surface area (Å²) >= 11 is 0. The van der Waals surface area contributed by atoms with Crippen LogP contribution in [-0.2, 0) is 4.79 Å². The van der Waals surface area contributed by atoms with Crippen LogP contribution in [0, 0.1) is 0 Å². The molecule has 2 aromatic rings. The van der Waals surface area contributed by atoms with E-state index in [0.29, 0.717) is 5.95 Å². The number of hydrogen-bond acceptors (Lipinski definition) is 4. The molecule has 1 N–H and O–H groups in total. The van der Waals surface area contributed by atoms with E-state index in [-0.39, 0.29) is 12.5 Å². The molecule has 0 fully saturated rings. The van der Waals surface area contributed by atoms with Crippen LogP contribution in [0.4, 0.5) is 11.6 Å². The molecule has 5 nitrogen and oxygen atoms in total. The van der Waals surface area contributed by atoms with Crippen LogP contribution in [0.25, 0.3) is 0 Å². The number of carbonyl (C=O) groups is 1. The van der Waals surface area contributed by atoms with Crippen molar-refractivity contribution in [1.82, 2.24) is 9.97 Å². The lowest BCUT2D eigenvalue weighted by atomic mass is 10.3. The molecule has 0 aliphatic rings. The molecule has 0 unspecified atom stereocenters. The SMILES string of the molecule is CN(CC(=O)Nc1ccccc1)c1ncccn1. The zero-order valence-electron chi connectivity index (χ0n) is 10.1. The van der Waals surface area contributed by atoms with Crippen molar-refractivity contribution in [3.05, 3.63) is 48.8 Å². The lowest BCUT2D eigenvalue weighted by Crippen LogP contribution is -2.31. The second-order valence-electron chi connectivity index (χ2n) is 3.82. The van der Waals surface area contributed by atoms with Gasteiger partial charge in [-0.2, -0.15) is 0 Å². The molecule has 0 saturated carbocycles. The predicted octanol–water partition coefficient (Wildman–Crippen LogP) is 1.55. The highest BCUT2D eigenvalue weighted by Crippen LogP contribution is 2.06. The maximum atomic E-state index is 11.8. The van der Waals surface area contributed by atoms with Crippen LogP contribution in [0.2, 0.25) is 0 Å². The van der Waals surface area contributed by atoms with Crippen LogP contribution in [0.3, 0.4) is 0 Å². The molecule has 5 heteroatoms. The van der Waals surface area contributed by atoms with Gasteiger partial charge >= 0.3 is 0 Å². The van der Waals surface area contributed by atoms with E-state index >= 15 is 0 Å². The highest BCUT2D eigenvalue weighted by molar-refractivity contribution is 5.93.